The SMILES string of the molecule is C[N+]1(CC2CCC2)CC(N)CC(CC(=O)O)C1. The molecule has 0 amide bonds. The minimum Gasteiger partial charge on any atom is -0.481 e. The Bertz CT molecular complexity index is 291. The van der Waals surface area contributed by atoms with Gasteiger partial charge in [-0.1, -0.05) is 6.42 Å². The monoisotopic (exact) mass is 241 g/mol. The topological polar surface area (TPSA) is 63.3 Å². The molecule has 0 radical (unpaired) electrons. The summed E-state index contributed by atoms with van der Waals surface area (Å²) in [6.07, 6.45) is 5.24. The average Bonchev–Trinajstić information content (AvgIpc) is 2.08. The van der Waals surface area contributed by atoms with E-state index < -0.39 is 5.97 Å². The molecule has 0 bridgehead atoms. The van der Waals surface area contributed by atoms with Gasteiger partial charge in [0, 0.05) is 11.8 Å². The van der Waals surface area contributed by atoms with E-state index in [0.29, 0.717) is 0 Å². The first-order valence-corrected chi connectivity index (χ1v) is 6.78. The maximum Gasteiger partial charge on any atom is 0.303 e. The van der Waals surface area contributed by atoms with E-state index in [-0.39, 0.29) is 18.4 Å². The molecule has 0 aromatic rings. The number of likely N-dealkylation sites (N-methyl/N-ethyl adjacent to an activating group) is 1. The van der Waals surface area contributed by atoms with Crippen LogP contribution in [0.2, 0.25) is 0 Å². The number of hydrogen-bond donors (Lipinski definition) is 2. The summed E-state index contributed by atoms with van der Waals surface area (Å²) < 4.78 is 0.990. The summed E-state index contributed by atoms with van der Waals surface area (Å²) in [5.74, 6) is 0.441. The van der Waals surface area contributed by atoms with Crippen LogP contribution in [0.15, 0.2) is 0 Å². The molecular formula is C13H25N2O2+. The van der Waals surface area contributed by atoms with Crippen molar-refractivity contribution in [1.29, 1.82) is 0 Å². The Kier molecular flexibility index (Phi) is 3.73. The number of nitrogens with two attached hydrogens (primary N) is 1. The van der Waals surface area contributed by atoms with Crippen molar-refractivity contribution in [2.75, 3.05) is 26.7 Å². The Morgan fingerprint density at radius 1 is 1.35 bits per heavy atom. The number of hydrogen-bond acceptors (Lipinski definition) is 2. The third kappa shape index (κ3) is 3.42. The van der Waals surface area contributed by atoms with Gasteiger partial charge in [-0.05, 0) is 19.3 Å². The maximum absolute atomic E-state index is 10.8. The first-order valence-electron chi connectivity index (χ1n) is 6.78. The van der Waals surface area contributed by atoms with Gasteiger partial charge in [-0.3, -0.25) is 4.79 Å². The number of piperidine rings is 1. The summed E-state index contributed by atoms with van der Waals surface area (Å²) in [5, 5.41) is 8.91. The highest BCUT2D eigenvalue weighted by molar-refractivity contribution is 5.67. The molecule has 3 unspecified atom stereocenters. The molecule has 1 aliphatic carbocycles. The second-order valence-corrected chi connectivity index (χ2v) is 6.42. The molecule has 2 fully saturated rings. The summed E-state index contributed by atoms with van der Waals surface area (Å²) in [7, 11) is 2.26. The van der Waals surface area contributed by atoms with E-state index in [1.54, 1.807) is 0 Å². The Balaban J connectivity index is 1.93. The van der Waals surface area contributed by atoms with Crippen molar-refractivity contribution in [1.82, 2.24) is 0 Å². The molecule has 2 aliphatic rings. The Labute approximate surface area is 103 Å². The van der Waals surface area contributed by atoms with Gasteiger partial charge < -0.3 is 15.3 Å². The molecule has 3 N–H and O–H groups in total. The molecular weight excluding hydrogens is 216 g/mol. The van der Waals surface area contributed by atoms with Crippen molar-refractivity contribution in [2.45, 2.75) is 38.1 Å². The first-order chi connectivity index (χ1) is 7.97. The highest BCUT2D eigenvalue weighted by Crippen LogP contribution is 2.32. The summed E-state index contributed by atoms with van der Waals surface area (Å²) >= 11 is 0. The second kappa shape index (κ2) is 4.94. The van der Waals surface area contributed by atoms with Crippen LogP contribution in [-0.4, -0.2) is 48.3 Å². The molecule has 1 saturated heterocycles. The lowest BCUT2D eigenvalue weighted by molar-refractivity contribution is -0.922. The van der Waals surface area contributed by atoms with Gasteiger partial charge in [0.15, 0.2) is 0 Å². The van der Waals surface area contributed by atoms with Crippen molar-refractivity contribution in [2.24, 2.45) is 17.6 Å². The lowest BCUT2D eigenvalue weighted by Gasteiger charge is -2.46. The quantitative estimate of drug-likeness (QED) is 0.723. The lowest BCUT2D eigenvalue weighted by atomic mass is 9.82. The number of carboxylic acid groups (broad SMARTS) is 1. The lowest BCUT2D eigenvalue weighted by Crippen LogP contribution is -2.60. The number of rotatable bonds is 4. The van der Waals surface area contributed by atoms with E-state index in [0.717, 1.165) is 29.9 Å². The van der Waals surface area contributed by atoms with Gasteiger partial charge in [0.2, 0.25) is 0 Å². The molecule has 1 heterocycles. The molecule has 0 aromatic heterocycles. The Morgan fingerprint density at radius 3 is 2.59 bits per heavy atom. The fourth-order valence-corrected chi connectivity index (χ4v) is 3.68. The number of likely N-dealkylation sites (tertiary alicyclic amines) is 1. The molecule has 3 atom stereocenters. The Hall–Kier alpha value is -0.610. The zero-order valence-electron chi connectivity index (χ0n) is 10.8. The van der Waals surface area contributed by atoms with Gasteiger partial charge in [0.05, 0.1) is 39.1 Å². The molecule has 2 rings (SSSR count). The van der Waals surface area contributed by atoms with Crippen molar-refractivity contribution >= 4 is 5.97 Å². The molecule has 4 heteroatoms. The zero-order chi connectivity index (χ0) is 12.5. The molecule has 17 heavy (non-hydrogen) atoms. The van der Waals surface area contributed by atoms with Crippen LogP contribution < -0.4 is 5.73 Å². The molecule has 1 aliphatic heterocycles. The van der Waals surface area contributed by atoms with Crippen molar-refractivity contribution in [3.63, 3.8) is 0 Å². The summed E-state index contributed by atoms with van der Waals surface area (Å²) in [6.45, 7) is 3.22. The number of carbonyl (C=O) groups is 1. The maximum atomic E-state index is 10.8. The number of carboxylic acids is 1. The van der Waals surface area contributed by atoms with Crippen LogP contribution in [0.5, 0.6) is 0 Å². The molecule has 0 spiro atoms. The number of quaternary nitrogens is 1. The van der Waals surface area contributed by atoms with Crippen molar-refractivity contribution in [3.05, 3.63) is 0 Å². The first kappa shape index (κ1) is 12.8. The second-order valence-electron chi connectivity index (χ2n) is 6.42. The van der Waals surface area contributed by atoms with Crippen molar-refractivity contribution < 1.29 is 14.4 Å². The van der Waals surface area contributed by atoms with Gasteiger partial charge in [-0.15, -0.1) is 0 Å². The van der Waals surface area contributed by atoms with Crippen LogP contribution in [0.1, 0.15) is 32.1 Å². The highest BCUT2D eigenvalue weighted by atomic mass is 16.4. The number of aliphatic carboxylic acids is 1. The largest absolute Gasteiger partial charge is 0.481 e. The average molecular weight is 241 g/mol. The van der Waals surface area contributed by atoms with Gasteiger partial charge in [0.25, 0.3) is 0 Å². The van der Waals surface area contributed by atoms with Crippen LogP contribution >= 0.6 is 0 Å². The van der Waals surface area contributed by atoms with E-state index >= 15 is 0 Å². The smallest absolute Gasteiger partial charge is 0.303 e. The fourth-order valence-electron chi connectivity index (χ4n) is 3.68. The minimum absolute atomic E-state index is 0.179. The van der Waals surface area contributed by atoms with E-state index in [1.165, 1.54) is 25.8 Å². The fraction of sp³-hybridized carbons (Fsp3) is 0.923. The standard InChI is InChI=1S/C13H24N2O2/c1-15(7-10-3-2-4-10)8-11(6-13(16)17)5-12(14)9-15/h10-12H,2-9,14H2,1H3/p+1. The van der Waals surface area contributed by atoms with E-state index in [1.807, 2.05) is 0 Å². The van der Waals surface area contributed by atoms with Gasteiger partial charge in [-0.2, -0.15) is 0 Å². The normalized spacial score (nSPS) is 38.7. The van der Waals surface area contributed by atoms with Crippen LogP contribution in [0, 0.1) is 11.8 Å². The van der Waals surface area contributed by atoms with Gasteiger partial charge in [-0.25, -0.2) is 0 Å². The predicted molar refractivity (Wildman–Crippen MR) is 66.5 cm³/mol. The third-order valence-corrected chi connectivity index (χ3v) is 4.40. The summed E-state index contributed by atoms with van der Waals surface area (Å²) in [5.41, 5.74) is 6.10. The predicted octanol–water partition coefficient (Wildman–Crippen LogP) is 1.05. The van der Waals surface area contributed by atoms with Gasteiger partial charge >= 0.3 is 5.97 Å². The Morgan fingerprint density at radius 2 is 2.06 bits per heavy atom. The van der Waals surface area contributed by atoms with E-state index in [2.05, 4.69) is 7.05 Å². The summed E-state index contributed by atoms with van der Waals surface area (Å²) in [4.78, 5) is 10.8. The van der Waals surface area contributed by atoms with E-state index in [9.17, 15) is 4.79 Å². The summed E-state index contributed by atoms with van der Waals surface area (Å²) in [6, 6.07) is 0.179. The van der Waals surface area contributed by atoms with Crippen LogP contribution in [0.4, 0.5) is 0 Å². The minimum atomic E-state index is -0.681. The van der Waals surface area contributed by atoms with E-state index in [4.69, 9.17) is 10.8 Å². The van der Waals surface area contributed by atoms with Crippen LogP contribution in [0.25, 0.3) is 0 Å². The van der Waals surface area contributed by atoms with Crippen molar-refractivity contribution in [3.8, 4) is 0 Å². The highest BCUT2D eigenvalue weighted by Gasteiger charge is 2.38. The zero-order valence-corrected chi connectivity index (χ0v) is 10.8. The molecule has 1 saturated carbocycles. The number of nitrogens with zero attached hydrogens (tertiary/aromatic N) is 1. The molecule has 4 nitrogen and oxygen atoms in total. The van der Waals surface area contributed by atoms with Crippen LogP contribution in [0.3, 0.4) is 0 Å². The van der Waals surface area contributed by atoms with Crippen LogP contribution in [-0.2, 0) is 4.79 Å². The molecule has 0 aromatic carbocycles. The third-order valence-electron chi connectivity index (χ3n) is 4.40. The van der Waals surface area contributed by atoms with Gasteiger partial charge in [0.1, 0.15) is 0 Å². The molecule has 98 valence electrons.